The highest BCUT2D eigenvalue weighted by atomic mass is 35.5. The van der Waals surface area contributed by atoms with Crippen molar-refractivity contribution < 1.29 is 9.53 Å². The molecule has 1 saturated heterocycles. The van der Waals surface area contributed by atoms with Crippen LogP contribution in [0.5, 0.6) is 5.75 Å². The number of nitrogens with one attached hydrogen (secondary N) is 2. The number of aromatic nitrogens is 2. The Labute approximate surface area is 155 Å². The first-order valence-corrected chi connectivity index (χ1v) is 9.35. The molecule has 0 unspecified atom stereocenters. The summed E-state index contributed by atoms with van der Waals surface area (Å²) in [7, 11) is 1.53. The van der Waals surface area contributed by atoms with Gasteiger partial charge >= 0.3 is 6.03 Å². The van der Waals surface area contributed by atoms with Gasteiger partial charge in [-0.3, -0.25) is 5.32 Å². The fourth-order valence-corrected chi connectivity index (χ4v) is 3.65. The number of urea groups is 1. The topological polar surface area (TPSA) is 79.4 Å². The average molecular weight is 382 g/mol. The van der Waals surface area contributed by atoms with Gasteiger partial charge in [-0.15, -0.1) is 10.2 Å². The van der Waals surface area contributed by atoms with Crippen molar-refractivity contribution in [2.45, 2.75) is 25.7 Å². The monoisotopic (exact) mass is 381 g/mol. The van der Waals surface area contributed by atoms with Crippen LogP contribution in [0.1, 0.15) is 25.7 Å². The second kappa shape index (κ2) is 8.35. The summed E-state index contributed by atoms with van der Waals surface area (Å²) < 4.78 is 5.21. The molecule has 25 heavy (non-hydrogen) atoms. The lowest BCUT2D eigenvalue weighted by molar-refractivity contribution is 0.262. The molecule has 2 heterocycles. The Kier molecular flexibility index (Phi) is 5.93. The van der Waals surface area contributed by atoms with Gasteiger partial charge < -0.3 is 15.0 Å². The molecule has 1 aromatic heterocycles. The predicted molar refractivity (Wildman–Crippen MR) is 101 cm³/mol. The lowest BCUT2D eigenvalue weighted by atomic mass is 10.2. The minimum Gasteiger partial charge on any atom is -0.495 e. The van der Waals surface area contributed by atoms with Gasteiger partial charge in [0.25, 0.3) is 0 Å². The fraction of sp³-hybridized carbons (Fsp3) is 0.438. The smallest absolute Gasteiger partial charge is 0.325 e. The summed E-state index contributed by atoms with van der Waals surface area (Å²) in [5.41, 5.74) is 0.491. The first kappa shape index (κ1) is 17.8. The maximum absolute atomic E-state index is 12.2. The van der Waals surface area contributed by atoms with Gasteiger partial charge in [-0.25, -0.2) is 4.79 Å². The summed E-state index contributed by atoms with van der Waals surface area (Å²) >= 11 is 7.34. The zero-order chi connectivity index (χ0) is 17.6. The molecule has 0 bridgehead atoms. The molecular formula is C16H20ClN5O2S. The van der Waals surface area contributed by atoms with Gasteiger partial charge in [-0.05, 0) is 31.0 Å². The van der Waals surface area contributed by atoms with E-state index >= 15 is 0 Å². The van der Waals surface area contributed by atoms with Crippen LogP contribution in [0.2, 0.25) is 5.02 Å². The van der Waals surface area contributed by atoms with E-state index in [1.807, 2.05) is 0 Å². The third-order valence-corrected chi connectivity index (χ3v) is 5.06. The first-order valence-electron chi connectivity index (χ1n) is 8.16. The average Bonchev–Trinajstić information content (AvgIpc) is 2.88. The van der Waals surface area contributed by atoms with Crippen molar-refractivity contribution >= 4 is 44.9 Å². The van der Waals surface area contributed by atoms with E-state index < -0.39 is 6.03 Å². The van der Waals surface area contributed by atoms with E-state index in [0.29, 0.717) is 21.6 Å². The molecular weight excluding hydrogens is 362 g/mol. The molecule has 1 aliphatic heterocycles. The Morgan fingerprint density at radius 3 is 2.68 bits per heavy atom. The number of amides is 2. The van der Waals surface area contributed by atoms with Crippen LogP contribution in [-0.4, -0.2) is 36.4 Å². The zero-order valence-corrected chi connectivity index (χ0v) is 15.5. The number of halogens is 1. The van der Waals surface area contributed by atoms with Crippen molar-refractivity contribution in [2.75, 3.05) is 35.7 Å². The number of methoxy groups -OCH3 is 1. The van der Waals surface area contributed by atoms with Gasteiger partial charge in [0.05, 0.1) is 12.8 Å². The fourth-order valence-electron chi connectivity index (χ4n) is 2.68. The Balaban J connectivity index is 1.63. The molecule has 0 spiro atoms. The van der Waals surface area contributed by atoms with Crippen LogP contribution in [0, 0.1) is 0 Å². The Morgan fingerprint density at radius 1 is 1.20 bits per heavy atom. The molecule has 0 radical (unpaired) electrons. The van der Waals surface area contributed by atoms with Gasteiger partial charge in [-0.1, -0.05) is 35.8 Å². The van der Waals surface area contributed by atoms with Crippen LogP contribution >= 0.6 is 22.9 Å². The van der Waals surface area contributed by atoms with E-state index in [1.165, 1.54) is 31.3 Å². The van der Waals surface area contributed by atoms with E-state index in [9.17, 15) is 4.79 Å². The van der Waals surface area contributed by atoms with E-state index in [4.69, 9.17) is 16.3 Å². The van der Waals surface area contributed by atoms with E-state index in [0.717, 1.165) is 31.1 Å². The van der Waals surface area contributed by atoms with Crippen LogP contribution < -0.4 is 20.3 Å². The Bertz CT molecular complexity index is 731. The van der Waals surface area contributed by atoms with Crippen molar-refractivity contribution in [3.8, 4) is 5.75 Å². The van der Waals surface area contributed by atoms with Crippen LogP contribution in [0.4, 0.5) is 20.7 Å². The van der Waals surface area contributed by atoms with Crippen molar-refractivity contribution in [1.82, 2.24) is 10.2 Å². The molecule has 0 aliphatic carbocycles. The number of anilines is 3. The molecule has 1 aliphatic rings. The molecule has 7 nitrogen and oxygen atoms in total. The van der Waals surface area contributed by atoms with Crippen LogP contribution in [0.25, 0.3) is 0 Å². The van der Waals surface area contributed by atoms with E-state index in [-0.39, 0.29) is 0 Å². The Hall–Kier alpha value is -2.06. The minimum absolute atomic E-state index is 0.417. The van der Waals surface area contributed by atoms with Gasteiger partial charge in [0.15, 0.2) is 0 Å². The van der Waals surface area contributed by atoms with Crippen molar-refractivity contribution in [3.05, 3.63) is 23.2 Å². The summed E-state index contributed by atoms with van der Waals surface area (Å²) in [5.74, 6) is 0.530. The molecule has 3 rings (SSSR count). The summed E-state index contributed by atoms with van der Waals surface area (Å²) in [5, 5.41) is 15.5. The molecule has 1 aromatic carbocycles. The second-order valence-electron chi connectivity index (χ2n) is 5.71. The molecule has 1 fully saturated rings. The second-order valence-corrected chi connectivity index (χ2v) is 7.11. The molecule has 2 N–H and O–H groups in total. The van der Waals surface area contributed by atoms with E-state index in [1.54, 1.807) is 18.2 Å². The predicted octanol–water partition coefficient (Wildman–Crippen LogP) is 4.22. The summed E-state index contributed by atoms with van der Waals surface area (Å²) in [4.78, 5) is 14.4. The highest BCUT2D eigenvalue weighted by Gasteiger charge is 2.16. The van der Waals surface area contributed by atoms with Crippen LogP contribution in [0.15, 0.2) is 18.2 Å². The molecule has 0 saturated carbocycles. The Morgan fingerprint density at radius 2 is 1.96 bits per heavy atom. The minimum atomic E-state index is -0.417. The lowest BCUT2D eigenvalue weighted by Gasteiger charge is -2.17. The quantitative estimate of drug-likeness (QED) is 0.828. The standard InChI is InChI=1S/C16H20ClN5O2S/c1-24-13-7-6-11(17)10-12(13)18-14(23)19-15-20-21-16(25-15)22-8-4-2-3-5-9-22/h6-7,10H,2-5,8-9H2,1H3,(H2,18,19,20,23). The zero-order valence-electron chi connectivity index (χ0n) is 13.9. The number of carbonyl (C=O) groups is 1. The van der Waals surface area contributed by atoms with Crippen molar-refractivity contribution in [1.29, 1.82) is 0 Å². The van der Waals surface area contributed by atoms with E-state index in [2.05, 4.69) is 25.7 Å². The SMILES string of the molecule is COc1ccc(Cl)cc1NC(=O)Nc1nnc(N2CCCCCC2)s1. The lowest BCUT2D eigenvalue weighted by Crippen LogP contribution is -2.23. The largest absolute Gasteiger partial charge is 0.495 e. The van der Waals surface area contributed by atoms with Gasteiger partial charge in [0.1, 0.15) is 5.75 Å². The van der Waals surface area contributed by atoms with Crippen molar-refractivity contribution in [2.24, 2.45) is 0 Å². The molecule has 9 heteroatoms. The van der Waals surface area contributed by atoms with Crippen LogP contribution in [0.3, 0.4) is 0 Å². The third kappa shape index (κ3) is 4.73. The number of hydrogen-bond donors (Lipinski definition) is 2. The van der Waals surface area contributed by atoms with Gasteiger partial charge in [-0.2, -0.15) is 0 Å². The normalized spacial score (nSPS) is 14.7. The molecule has 2 amide bonds. The highest BCUT2D eigenvalue weighted by molar-refractivity contribution is 7.19. The third-order valence-electron chi connectivity index (χ3n) is 3.92. The van der Waals surface area contributed by atoms with Crippen LogP contribution in [-0.2, 0) is 0 Å². The van der Waals surface area contributed by atoms with Crippen molar-refractivity contribution in [3.63, 3.8) is 0 Å². The number of benzene rings is 1. The maximum atomic E-state index is 12.2. The molecule has 2 aromatic rings. The summed E-state index contributed by atoms with van der Waals surface area (Å²) in [6, 6.07) is 4.60. The first-order chi connectivity index (χ1) is 12.2. The number of rotatable bonds is 4. The number of ether oxygens (including phenoxy) is 1. The van der Waals surface area contributed by atoms with Gasteiger partial charge in [0.2, 0.25) is 10.3 Å². The molecule has 0 atom stereocenters. The number of nitrogens with zero attached hydrogens (tertiary/aromatic N) is 3. The maximum Gasteiger partial charge on any atom is 0.325 e. The highest BCUT2D eigenvalue weighted by Crippen LogP contribution is 2.29. The van der Waals surface area contributed by atoms with Gasteiger partial charge in [0, 0.05) is 18.1 Å². The molecule has 134 valence electrons. The summed E-state index contributed by atoms with van der Waals surface area (Å²) in [6.07, 6.45) is 4.84. The summed E-state index contributed by atoms with van der Waals surface area (Å²) in [6.45, 7) is 1.97. The number of hydrogen-bond acceptors (Lipinski definition) is 6. The number of carbonyl (C=O) groups excluding carboxylic acids is 1.